The van der Waals surface area contributed by atoms with Gasteiger partial charge in [-0.2, -0.15) is 39.5 Å². The minimum Gasteiger partial charge on any atom is -0.744 e. The van der Waals surface area contributed by atoms with Gasteiger partial charge in [0.15, 0.2) is 14.3 Å². The van der Waals surface area contributed by atoms with E-state index in [0.717, 1.165) is 32.4 Å². The van der Waals surface area contributed by atoms with Crippen LogP contribution < -0.4 is 42.4 Å². The smallest absolute Gasteiger partial charge is 0.416 e. The van der Waals surface area contributed by atoms with Crippen LogP contribution in [0, 0.1) is 28.1 Å². The summed E-state index contributed by atoms with van der Waals surface area (Å²) in [5.74, 6) is 0. The van der Waals surface area contributed by atoms with E-state index < -0.39 is 70.9 Å². The van der Waals surface area contributed by atoms with E-state index in [9.17, 15) is 65.5 Å². The molecule has 6 aromatic rings. The topological polar surface area (TPSA) is 114 Å². The summed E-state index contributed by atoms with van der Waals surface area (Å²) in [7, 11) is -8.54. The quantitative estimate of drug-likeness (QED) is 0.0905. The molecule has 0 heterocycles. The summed E-state index contributed by atoms with van der Waals surface area (Å²) < 4.78 is 185. The van der Waals surface area contributed by atoms with Gasteiger partial charge in [-0.05, 0) is 125 Å². The third-order valence-electron chi connectivity index (χ3n) is 10.7. The third-order valence-corrected chi connectivity index (χ3v) is 17.8. The fourth-order valence-corrected chi connectivity index (χ4v) is 11.7. The maximum atomic E-state index is 13.2. The number of halogens is 11. The van der Waals surface area contributed by atoms with Gasteiger partial charge in [0, 0.05) is 0 Å². The fraction of sp³-hybridized carbons (Fsp3) is 0.333. The molecule has 0 aromatic heterocycles. The molecule has 0 saturated heterocycles. The number of alkyl halides is 9. The second kappa shape index (κ2) is 24.3. The standard InChI is InChI=1S/C20H17F9I.C20H26I.2C7H8O3S/c1-16(2,3)12-4-8-14(9-5-12)30-15-10-6-13(7-11-15)17(18(21,22)23,19(24,25)26)20(27,28)29;1-19(2,3)15-7-11-17(12-8-15)21-18-13-9-16(10-14-18)20(4,5)6;2*1-6-2-4-7(5-3-6)11(8,9)10/h4-11H,1-3H3;7-14H,1-6H3;2*2-5H,1H3,(H,8,9,10)/q2*+1;;/p-2. The number of rotatable bonds is 7. The van der Waals surface area contributed by atoms with Gasteiger partial charge < -0.3 is 9.11 Å². The Kier molecular flexibility index (Phi) is 21.1. The van der Waals surface area contributed by atoms with Crippen LogP contribution in [0.25, 0.3) is 0 Å². The first-order valence-corrected chi connectivity index (χ1v) is 29.2. The zero-order valence-electron chi connectivity index (χ0n) is 41.8. The van der Waals surface area contributed by atoms with Crippen LogP contribution in [-0.2, 0) is 41.9 Å². The molecule has 0 aliphatic rings. The van der Waals surface area contributed by atoms with E-state index >= 15 is 0 Å². The average Bonchev–Trinajstić information content (AvgIpc) is 3.23. The Morgan fingerprint density at radius 3 is 0.685 bits per heavy atom. The first kappa shape index (κ1) is 63.3. The molecule has 0 amide bonds. The summed E-state index contributed by atoms with van der Waals surface area (Å²) in [6.07, 6.45) is -19.8. The molecule has 0 fully saturated rings. The molecule has 398 valence electrons. The average molecular weight is 1290 g/mol. The largest absolute Gasteiger partial charge is 0.744 e. The van der Waals surface area contributed by atoms with Crippen LogP contribution in [-0.4, -0.2) is 44.5 Å². The Labute approximate surface area is 444 Å². The third kappa shape index (κ3) is 18.3. The minimum atomic E-state index is -6.61. The van der Waals surface area contributed by atoms with Crippen LogP contribution in [0.4, 0.5) is 39.5 Å². The van der Waals surface area contributed by atoms with E-state index in [2.05, 4.69) is 90.1 Å². The summed E-state index contributed by atoms with van der Waals surface area (Å²) in [5, 5.41) is 0. The Morgan fingerprint density at radius 2 is 0.521 bits per heavy atom. The van der Waals surface area contributed by atoms with Gasteiger partial charge in [0.05, 0.1) is 9.79 Å². The van der Waals surface area contributed by atoms with Crippen LogP contribution in [0.2, 0.25) is 0 Å². The second-order valence-corrected chi connectivity index (χ2v) is 28.6. The van der Waals surface area contributed by atoms with Crippen molar-refractivity contribution in [3.05, 3.63) is 193 Å². The molecule has 73 heavy (non-hydrogen) atoms. The van der Waals surface area contributed by atoms with E-state index in [1.54, 1.807) is 36.4 Å². The van der Waals surface area contributed by atoms with Gasteiger partial charge in [-0.1, -0.05) is 146 Å². The molecule has 0 aliphatic heterocycles. The highest BCUT2D eigenvalue weighted by atomic mass is 127. The molecule has 19 heteroatoms. The Balaban J connectivity index is 0.000000281. The van der Waals surface area contributed by atoms with E-state index in [-0.39, 0.29) is 59.4 Å². The second-order valence-electron chi connectivity index (χ2n) is 19.7. The van der Waals surface area contributed by atoms with Crippen molar-refractivity contribution in [1.29, 1.82) is 0 Å². The van der Waals surface area contributed by atoms with Crippen molar-refractivity contribution in [3.8, 4) is 0 Å². The van der Waals surface area contributed by atoms with Crippen molar-refractivity contribution in [2.75, 3.05) is 0 Å². The molecule has 0 spiro atoms. The summed E-state index contributed by atoms with van der Waals surface area (Å²) in [6.45, 7) is 23.3. The predicted octanol–water partition coefficient (Wildman–Crippen LogP) is 8.25. The van der Waals surface area contributed by atoms with Crippen molar-refractivity contribution in [3.63, 3.8) is 0 Å². The highest BCUT2D eigenvalue weighted by Crippen LogP contribution is 2.60. The molecule has 6 aromatic carbocycles. The number of hydrogen-bond donors (Lipinski definition) is 0. The van der Waals surface area contributed by atoms with Crippen LogP contribution in [0.3, 0.4) is 0 Å². The van der Waals surface area contributed by atoms with Crippen molar-refractivity contribution in [2.24, 2.45) is 0 Å². The van der Waals surface area contributed by atoms with Gasteiger partial charge in [-0.15, -0.1) is 0 Å². The molecule has 0 N–H and O–H groups in total. The van der Waals surface area contributed by atoms with Gasteiger partial charge in [0.25, 0.3) is 5.41 Å². The molecule has 0 aliphatic carbocycles. The number of hydrogen-bond acceptors (Lipinski definition) is 6. The summed E-state index contributed by atoms with van der Waals surface area (Å²) in [6, 6.07) is 39.6. The maximum absolute atomic E-state index is 13.2. The van der Waals surface area contributed by atoms with Crippen LogP contribution in [0.5, 0.6) is 0 Å². The number of aryl methyl sites for hydroxylation is 2. The lowest BCUT2D eigenvalue weighted by Gasteiger charge is -2.38. The Hall–Kier alpha value is -4.03. The van der Waals surface area contributed by atoms with Gasteiger partial charge >= 0.3 is 60.9 Å². The van der Waals surface area contributed by atoms with Gasteiger partial charge in [-0.3, -0.25) is 0 Å². The van der Waals surface area contributed by atoms with Crippen molar-refractivity contribution in [1.82, 2.24) is 0 Å². The van der Waals surface area contributed by atoms with E-state index in [1.807, 2.05) is 46.8 Å². The maximum Gasteiger partial charge on any atom is 0.416 e. The Morgan fingerprint density at radius 1 is 0.329 bits per heavy atom. The number of benzene rings is 6. The first-order chi connectivity index (χ1) is 33.1. The van der Waals surface area contributed by atoms with Gasteiger partial charge in [0.1, 0.15) is 20.2 Å². The van der Waals surface area contributed by atoms with Gasteiger partial charge in [-0.25, -0.2) is 16.8 Å². The molecule has 0 bridgehead atoms. The van der Waals surface area contributed by atoms with Crippen LogP contribution in [0.1, 0.15) is 95.7 Å². The van der Waals surface area contributed by atoms with E-state index in [1.165, 1.54) is 42.5 Å². The summed E-state index contributed by atoms with van der Waals surface area (Å²) in [5.41, 5.74) is -1.74. The van der Waals surface area contributed by atoms with Crippen molar-refractivity contribution >= 4 is 20.2 Å². The minimum absolute atomic E-state index is 0.0703. The molecule has 6 nitrogen and oxygen atoms in total. The predicted molar refractivity (Wildman–Crippen MR) is 255 cm³/mol. The molecule has 0 unspecified atom stereocenters. The SMILES string of the molecule is CC(C)(C)c1ccc([I+]c2ccc(C(C(F)(F)F)(C(F)(F)F)C(F)(F)F)cc2)cc1.CC(C)(C)c1ccc([I+]c2ccc(C(C)(C)C)cc2)cc1.Cc1ccc(S(=O)(=O)[O-])cc1.Cc1ccc(S(=O)(=O)[O-])cc1. The lowest BCUT2D eigenvalue weighted by molar-refractivity contribution is -0.597. The zero-order chi connectivity index (χ0) is 55.8. The summed E-state index contributed by atoms with van der Waals surface area (Å²) in [4.78, 5) is -0.355. The molecule has 0 atom stereocenters. The lowest BCUT2D eigenvalue weighted by Crippen LogP contribution is -3.61. The summed E-state index contributed by atoms with van der Waals surface area (Å²) >= 11 is -1.07. The van der Waals surface area contributed by atoms with Crippen LogP contribution >= 0.6 is 0 Å². The lowest BCUT2D eigenvalue weighted by atomic mass is 9.78. The fourth-order valence-electron chi connectivity index (χ4n) is 6.44. The molecule has 0 saturated carbocycles. The highest BCUT2D eigenvalue weighted by Gasteiger charge is 2.84. The van der Waals surface area contributed by atoms with Crippen molar-refractivity contribution < 1.29 is 108 Å². The van der Waals surface area contributed by atoms with Gasteiger partial charge in [0.2, 0.25) is 0 Å². The Bertz CT molecular complexity index is 2760. The van der Waals surface area contributed by atoms with E-state index in [0.29, 0.717) is 3.57 Å². The highest BCUT2D eigenvalue weighted by molar-refractivity contribution is 7.86. The molecule has 6 rings (SSSR count). The molecule has 0 radical (unpaired) electrons. The normalized spacial score (nSPS) is 12.8. The molecular weight excluding hydrogens is 1230 g/mol. The van der Waals surface area contributed by atoms with Crippen molar-refractivity contribution in [2.45, 2.75) is 126 Å². The molecular formula is C54H57F9I2O6S2. The van der Waals surface area contributed by atoms with Crippen LogP contribution in [0.15, 0.2) is 155 Å². The van der Waals surface area contributed by atoms with E-state index in [4.69, 9.17) is 0 Å². The monoisotopic (exact) mass is 1290 g/mol. The zero-order valence-corrected chi connectivity index (χ0v) is 47.7. The first-order valence-electron chi connectivity index (χ1n) is 22.0.